The second kappa shape index (κ2) is 4.90. The van der Waals surface area contributed by atoms with Gasteiger partial charge in [-0.2, -0.15) is 0 Å². The highest BCUT2D eigenvalue weighted by atomic mass is 127. The smallest absolute Gasteiger partial charge is 0.0732 e. The summed E-state index contributed by atoms with van der Waals surface area (Å²) in [5, 5.41) is 5.01. The summed E-state index contributed by atoms with van der Waals surface area (Å²) < 4.78 is 1.28. The molecule has 100 valence electrons. The maximum absolute atomic E-state index is 3.64. The molecule has 2 nitrogen and oxygen atoms in total. The highest BCUT2D eigenvalue weighted by Crippen LogP contribution is 2.33. The van der Waals surface area contributed by atoms with Gasteiger partial charge in [0.2, 0.25) is 0 Å². The zero-order valence-corrected chi connectivity index (χ0v) is 13.1. The van der Waals surface area contributed by atoms with Crippen molar-refractivity contribution in [3.05, 3.63) is 68.9 Å². The van der Waals surface area contributed by atoms with Crippen molar-refractivity contribution >= 4 is 33.5 Å². The first-order valence-corrected chi connectivity index (χ1v) is 7.99. The lowest BCUT2D eigenvalue weighted by Gasteiger charge is -2.24. The van der Waals surface area contributed by atoms with Gasteiger partial charge in [-0.25, -0.2) is 0 Å². The summed E-state index contributed by atoms with van der Waals surface area (Å²) in [6.07, 6.45) is 1.10. The van der Waals surface area contributed by atoms with E-state index in [1.54, 1.807) is 0 Å². The third kappa shape index (κ3) is 1.96. The number of para-hydroxylation sites is 1. The highest BCUT2D eigenvalue weighted by molar-refractivity contribution is 14.1. The molecule has 0 saturated carbocycles. The van der Waals surface area contributed by atoms with E-state index < -0.39 is 0 Å². The Morgan fingerprint density at radius 2 is 1.80 bits per heavy atom. The van der Waals surface area contributed by atoms with E-state index in [4.69, 9.17) is 0 Å². The molecule has 0 aliphatic carbocycles. The van der Waals surface area contributed by atoms with Gasteiger partial charge in [0, 0.05) is 26.7 Å². The number of aromatic nitrogens is 1. The molecule has 4 rings (SSSR count). The van der Waals surface area contributed by atoms with Crippen molar-refractivity contribution in [1.82, 2.24) is 10.3 Å². The maximum Gasteiger partial charge on any atom is 0.0732 e. The van der Waals surface area contributed by atoms with Crippen molar-refractivity contribution in [1.29, 1.82) is 0 Å². The minimum atomic E-state index is 0.281. The predicted molar refractivity (Wildman–Crippen MR) is 91.0 cm³/mol. The largest absolute Gasteiger partial charge is 0.357 e. The Bertz CT molecular complexity index is 758. The first-order chi connectivity index (χ1) is 9.83. The summed E-state index contributed by atoms with van der Waals surface area (Å²) in [6, 6.07) is 17.7. The van der Waals surface area contributed by atoms with E-state index in [9.17, 15) is 0 Å². The van der Waals surface area contributed by atoms with Gasteiger partial charge in [-0.05, 0) is 58.3 Å². The fourth-order valence-electron chi connectivity index (χ4n) is 3.12. The van der Waals surface area contributed by atoms with Gasteiger partial charge in [-0.3, -0.25) is 0 Å². The van der Waals surface area contributed by atoms with Gasteiger partial charge < -0.3 is 10.3 Å². The van der Waals surface area contributed by atoms with E-state index in [2.05, 4.69) is 81.4 Å². The van der Waals surface area contributed by atoms with E-state index in [1.807, 2.05) is 0 Å². The fourth-order valence-corrected chi connectivity index (χ4v) is 3.48. The summed E-state index contributed by atoms with van der Waals surface area (Å²) in [5.74, 6) is 0. The van der Waals surface area contributed by atoms with Crippen molar-refractivity contribution in [3.63, 3.8) is 0 Å². The normalized spacial score (nSPS) is 18.1. The van der Waals surface area contributed by atoms with Crippen LogP contribution in [0.15, 0.2) is 48.5 Å². The van der Waals surface area contributed by atoms with Crippen molar-refractivity contribution in [2.45, 2.75) is 12.5 Å². The quantitative estimate of drug-likeness (QED) is 0.619. The summed E-state index contributed by atoms with van der Waals surface area (Å²) >= 11 is 2.35. The molecule has 0 radical (unpaired) electrons. The molecule has 1 aromatic heterocycles. The minimum absolute atomic E-state index is 0.281. The van der Waals surface area contributed by atoms with Crippen LogP contribution in [-0.2, 0) is 6.42 Å². The average Bonchev–Trinajstić information content (AvgIpc) is 2.87. The molecule has 0 bridgehead atoms. The van der Waals surface area contributed by atoms with Gasteiger partial charge in [-0.1, -0.05) is 30.3 Å². The van der Waals surface area contributed by atoms with E-state index in [0.29, 0.717) is 0 Å². The highest BCUT2D eigenvalue weighted by Gasteiger charge is 2.24. The first-order valence-electron chi connectivity index (χ1n) is 6.91. The maximum atomic E-state index is 3.64. The molecule has 1 unspecified atom stereocenters. The number of halogens is 1. The van der Waals surface area contributed by atoms with Crippen LogP contribution in [0.2, 0.25) is 0 Å². The number of fused-ring (bicyclic) bond motifs is 3. The topological polar surface area (TPSA) is 27.8 Å². The second-order valence-corrected chi connectivity index (χ2v) is 6.50. The monoisotopic (exact) mass is 374 g/mol. The minimum Gasteiger partial charge on any atom is -0.357 e. The van der Waals surface area contributed by atoms with E-state index in [1.165, 1.54) is 31.3 Å². The molecular formula is C17H15IN2. The van der Waals surface area contributed by atoms with Gasteiger partial charge in [0.15, 0.2) is 0 Å². The van der Waals surface area contributed by atoms with Gasteiger partial charge in [0.25, 0.3) is 0 Å². The standard InChI is InChI=1S/C17H15IN2/c18-12-7-5-11(6-8-12)16-17-14(9-10-19-16)13-3-1-2-4-15(13)20-17/h1-8,16,19-20H,9-10H2. The average molecular weight is 374 g/mol. The van der Waals surface area contributed by atoms with E-state index in [-0.39, 0.29) is 6.04 Å². The van der Waals surface area contributed by atoms with Crippen LogP contribution >= 0.6 is 22.6 Å². The molecule has 2 N–H and O–H groups in total. The van der Waals surface area contributed by atoms with Crippen LogP contribution in [-0.4, -0.2) is 11.5 Å². The molecule has 0 amide bonds. The van der Waals surface area contributed by atoms with Crippen molar-refractivity contribution in [2.24, 2.45) is 0 Å². The van der Waals surface area contributed by atoms with Crippen LogP contribution in [0.5, 0.6) is 0 Å². The Hall–Kier alpha value is -1.33. The summed E-state index contributed by atoms with van der Waals surface area (Å²) in [7, 11) is 0. The van der Waals surface area contributed by atoms with Crippen LogP contribution < -0.4 is 5.32 Å². The molecule has 0 spiro atoms. The number of aromatic amines is 1. The number of benzene rings is 2. The lowest BCUT2D eigenvalue weighted by Crippen LogP contribution is -2.30. The van der Waals surface area contributed by atoms with Gasteiger partial charge >= 0.3 is 0 Å². The van der Waals surface area contributed by atoms with Crippen molar-refractivity contribution in [2.75, 3.05) is 6.54 Å². The zero-order chi connectivity index (χ0) is 13.5. The van der Waals surface area contributed by atoms with Crippen LogP contribution in [0.4, 0.5) is 0 Å². The summed E-state index contributed by atoms with van der Waals surface area (Å²) in [4.78, 5) is 3.61. The lowest BCUT2D eigenvalue weighted by molar-refractivity contribution is 0.560. The first kappa shape index (κ1) is 12.4. The van der Waals surface area contributed by atoms with E-state index >= 15 is 0 Å². The third-order valence-electron chi connectivity index (χ3n) is 4.06. The molecule has 1 aliphatic heterocycles. The SMILES string of the molecule is Ic1ccc(C2NCCc3c2[nH]c2ccccc32)cc1. The Morgan fingerprint density at radius 3 is 2.65 bits per heavy atom. The Balaban J connectivity index is 1.87. The molecule has 2 heterocycles. The van der Waals surface area contributed by atoms with Gasteiger partial charge in [0.05, 0.1) is 6.04 Å². The predicted octanol–water partition coefficient (Wildman–Crippen LogP) is 4.01. The molecule has 3 aromatic rings. The summed E-state index contributed by atoms with van der Waals surface area (Å²) in [6.45, 7) is 1.03. The van der Waals surface area contributed by atoms with Gasteiger partial charge in [0.1, 0.15) is 0 Å². The van der Waals surface area contributed by atoms with Crippen LogP contribution in [0.3, 0.4) is 0 Å². The van der Waals surface area contributed by atoms with Gasteiger partial charge in [-0.15, -0.1) is 0 Å². The number of hydrogen-bond acceptors (Lipinski definition) is 1. The Morgan fingerprint density at radius 1 is 1.00 bits per heavy atom. The second-order valence-electron chi connectivity index (χ2n) is 5.25. The lowest BCUT2D eigenvalue weighted by atomic mass is 9.94. The molecular weight excluding hydrogens is 359 g/mol. The Kier molecular flexibility index (Phi) is 3.04. The molecule has 2 aromatic carbocycles. The Labute approximate surface area is 131 Å². The summed E-state index contributed by atoms with van der Waals surface area (Å²) in [5.41, 5.74) is 5.39. The molecule has 20 heavy (non-hydrogen) atoms. The van der Waals surface area contributed by atoms with Crippen LogP contribution in [0.1, 0.15) is 22.9 Å². The fraction of sp³-hybridized carbons (Fsp3) is 0.176. The van der Waals surface area contributed by atoms with Crippen LogP contribution in [0, 0.1) is 3.57 Å². The van der Waals surface area contributed by atoms with Crippen molar-refractivity contribution in [3.8, 4) is 0 Å². The zero-order valence-electron chi connectivity index (χ0n) is 11.0. The molecule has 0 saturated heterocycles. The molecule has 0 fully saturated rings. The van der Waals surface area contributed by atoms with E-state index in [0.717, 1.165) is 13.0 Å². The third-order valence-corrected chi connectivity index (χ3v) is 4.78. The number of rotatable bonds is 1. The number of nitrogens with one attached hydrogen (secondary N) is 2. The molecule has 1 atom stereocenters. The molecule has 3 heteroatoms. The number of H-pyrrole nitrogens is 1. The molecule has 1 aliphatic rings. The van der Waals surface area contributed by atoms with Crippen molar-refractivity contribution < 1.29 is 0 Å². The number of hydrogen-bond donors (Lipinski definition) is 2. The van der Waals surface area contributed by atoms with Crippen LogP contribution in [0.25, 0.3) is 10.9 Å².